The Bertz CT molecular complexity index is 153. The van der Waals surface area contributed by atoms with Gasteiger partial charge in [0.1, 0.15) is 0 Å². The van der Waals surface area contributed by atoms with Gasteiger partial charge in [-0.05, 0) is 13.3 Å². The van der Waals surface area contributed by atoms with Gasteiger partial charge in [-0.2, -0.15) is 0 Å². The van der Waals surface area contributed by atoms with Crippen LogP contribution in [0.25, 0.3) is 0 Å². The first-order chi connectivity index (χ1) is 7.33. The van der Waals surface area contributed by atoms with Crippen LogP contribution in [0.4, 0.5) is 0 Å². The monoisotopic (exact) mass is 215 g/mol. The second kappa shape index (κ2) is 8.08. The predicted molar refractivity (Wildman–Crippen MR) is 62.2 cm³/mol. The number of unbranched alkanes of at least 4 members (excludes halogenated alkanes) is 2. The molecule has 1 atom stereocenters. The molecule has 15 heavy (non-hydrogen) atoms. The molecule has 0 spiro atoms. The molecule has 90 valence electrons. The predicted octanol–water partition coefficient (Wildman–Crippen LogP) is 1.91. The van der Waals surface area contributed by atoms with Gasteiger partial charge in [0.15, 0.2) is 0 Å². The van der Waals surface area contributed by atoms with E-state index in [0.29, 0.717) is 6.10 Å². The molecule has 0 amide bonds. The highest BCUT2D eigenvalue weighted by molar-refractivity contribution is 4.67. The van der Waals surface area contributed by atoms with Crippen LogP contribution in [-0.4, -0.2) is 50.5 Å². The molecule has 1 aliphatic heterocycles. The van der Waals surface area contributed by atoms with Crippen LogP contribution in [0, 0.1) is 0 Å². The molecular weight excluding hydrogens is 190 g/mol. The smallest absolute Gasteiger partial charge is 0.0674 e. The van der Waals surface area contributed by atoms with Crippen molar-refractivity contribution in [1.82, 2.24) is 4.90 Å². The molecule has 1 aliphatic rings. The van der Waals surface area contributed by atoms with Gasteiger partial charge >= 0.3 is 0 Å². The van der Waals surface area contributed by atoms with Crippen molar-refractivity contribution in [2.45, 2.75) is 39.2 Å². The fourth-order valence-electron chi connectivity index (χ4n) is 1.84. The van der Waals surface area contributed by atoms with E-state index in [1.807, 2.05) is 0 Å². The Balaban J connectivity index is 1.90. The second-order valence-corrected chi connectivity index (χ2v) is 4.30. The summed E-state index contributed by atoms with van der Waals surface area (Å²) in [6, 6.07) is 0. The number of hydrogen-bond acceptors (Lipinski definition) is 3. The molecule has 1 fully saturated rings. The van der Waals surface area contributed by atoms with Crippen molar-refractivity contribution in [3.8, 4) is 0 Å². The minimum absolute atomic E-state index is 0.388. The van der Waals surface area contributed by atoms with E-state index in [-0.39, 0.29) is 0 Å². The molecule has 0 N–H and O–H groups in total. The van der Waals surface area contributed by atoms with Crippen LogP contribution < -0.4 is 0 Å². The highest BCUT2D eigenvalue weighted by Gasteiger charge is 2.15. The Morgan fingerprint density at radius 1 is 1.33 bits per heavy atom. The fourth-order valence-corrected chi connectivity index (χ4v) is 1.84. The molecule has 0 saturated carbocycles. The van der Waals surface area contributed by atoms with E-state index in [0.717, 1.165) is 39.5 Å². The maximum absolute atomic E-state index is 5.59. The molecule has 1 saturated heterocycles. The zero-order valence-electron chi connectivity index (χ0n) is 10.2. The summed E-state index contributed by atoms with van der Waals surface area (Å²) in [5.41, 5.74) is 0. The molecule has 1 unspecified atom stereocenters. The standard InChI is InChI=1S/C12H25NO2/c1-3-4-5-8-14-9-6-13-7-10-15-12(2)11-13/h12H,3-11H2,1-2H3. The third kappa shape index (κ3) is 6.13. The largest absolute Gasteiger partial charge is 0.380 e. The van der Waals surface area contributed by atoms with E-state index in [2.05, 4.69) is 18.7 Å². The first-order valence-corrected chi connectivity index (χ1v) is 6.24. The van der Waals surface area contributed by atoms with Gasteiger partial charge in [-0.25, -0.2) is 0 Å². The number of rotatable bonds is 7. The van der Waals surface area contributed by atoms with Gasteiger partial charge in [0.2, 0.25) is 0 Å². The van der Waals surface area contributed by atoms with E-state index in [9.17, 15) is 0 Å². The SMILES string of the molecule is CCCCCOCCN1CCOC(C)C1. The number of ether oxygens (including phenoxy) is 2. The molecule has 0 aliphatic carbocycles. The van der Waals surface area contributed by atoms with Crippen molar-refractivity contribution < 1.29 is 9.47 Å². The first kappa shape index (κ1) is 12.9. The lowest BCUT2D eigenvalue weighted by Crippen LogP contribution is -2.42. The zero-order chi connectivity index (χ0) is 10.9. The molecule has 3 nitrogen and oxygen atoms in total. The van der Waals surface area contributed by atoms with Crippen LogP contribution in [0.2, 0.25) is 0 Å². The van der Waals surface area contributed by atoms with Crippen LogP contribution >= 0.6 is 0 Å². The van der Waals surface area contributed by atoms with Gasteiger partial charge in [0, 0.05) is 26.2 Å². The summed E-state index contributed by atoms with van der Waals surface area (Å²) >= 11 is 0. The highest BCUT2D eigenvalue weighted by Crippen LogP contribution is 2.03. The molecule has 1 heterocycles. The Hall–Kier alpha value is -0.120. The van der Waals surface area contributed by atoms with Gasteiger partial charge in [0.25, 0.3) is 0 Å². The Morgan fingerprint density at radius 3 is 2.93 bits per heavy atom. The lowest BCUT2D eigenvalue weighted by atomic mass is 10.3. The minimum atomic E-state index is 0.388. The highest BCUT2D eigenvalue weighted by atomic mass is 16.5. The summed E-state index contributed by atoms with van der Waals surface area (Å²) in [6.45, 7) is 10.2. The summed E-state index contributed by atoms with van der Waals surface area (Å²) in [5.74, 6) is 0. The van der Waals surface area contributed by atoms with Gasteiger partial charge < -0.3 is 9.47 Å². The minimum Gasteiger partial charge on any atom is -0.380 e. The second-order valence-electron chi connectivity index (χ2n) is 4.30. The summed E-state index contributed by atoms with van der Waals surface area (Å²) in [4.78, 5) is 2.42. The van der Waals surface area contributed by atoms with E-state index < -0.39 is 0 Å². The van der Waals surface area contributed by atoms with Gasteiger partial charge in [-0.1, -0.05) is 19.8 Å². The Kier molecular flexibility index (Phi) is 6.98. The van der Waals surface area contributed by atoms with Crippen molar-refractivity contribution in [3.63, 3.8) is 0 Å². The number of morpholine rings is 1. The number of hydrogen-bond donors (Lipinski definition) is 0. The molecular formula is C12H25NO2. The lowest BCUT2D eigenvalue weighted by molar-refractivity contribution is -0.0271. The van der Waals surface area contributed by atoms with Crippen LogP contribution in [0.3, 0.4) is 0 Å². The molecule has 0 aromatic heterocycles. The maximum atomic E-state index is 5.59. The molecule has 1 rings (SSSR count). The van der Waals surface area contributed by atoms with E-state index in [4.69, 9.17) is 9.47 Å². The van der Waals surface area contributed by atoms with Crippen LogP contribution in [-0.2, 0) is 9.47 Å². The fraction of sp³-hybridized carbons (Fsp3) is 1.00. The lowest BCUT2D eigenvalue weighted by Gasteiger charge is -2.30. The van der Waals surface area contributed by atoms with Crippen LogP contribution in [0.5, 0.6) is 0 Å². The normalized spacial score (nSPS) is 23.2. The molecule has 0 aromatic carbocycles. The average Bonchev–Trinajstić information content (AvgIpc) is 2.23. The summed E-state index contributed by atoms with van der Waals surface area (Å²) in [6.07, 6.45) is 4.15. The Labute approximate surface area is 93.7 Å². The molecule has 3 heteroatoms. The summed E-state index contributed by atoms with van der Waals surface area (Å²) in [5, 5.41) is 0. The van der Waals surface area contributed by atoms with Crippen molar-refractivity contribution in [2.24, 2.45) is 0 Å². The molecule has 0 aromatic rings. The quantitative estimate of drug-likeness (QED) is 0.606. The third-order valence-electron chi connectivity index (χ3n) is 2.77. The van der Waals surface area contributed by atoms with Crippen molar-refractivity contribution in [2.75, 3.05) is 39.5 Å². The van der Waals surface area contributed by atoms with Gasteiger partial charge in [0.05, 0.1) is 19.3 Å². The first-order valence-electron chi connectivity index (χ1n) is 6.24. The average molecular weight is 215 g/mol. The van der Waals surface area contributed by atoms with Crippen LogP contribution in [0.1, 0.15) is 33.1 Å². The van der Waals surface area contributed by atoms with Crippen molar-refractivity contribution in [1.29, 1.82) is 0 Å². The van der Waals surface area contributed by atoms with Crippen LogP contribution in [0.15, 0.2) is 0 Å². The zero-order valence-corrected chi connectivity index (χ0v) is 10.2. The van der Waals surface area contributed by atoms with Crippen molar-refractivity contribution in [3.05, 3.63) is 0 Å². The Morgan fingerprint density at radius 2 is 2.20 bits per heavy atom. The topological polar surface area (TPSA) is 21.7 Å². The number of nitrogens with zero attached hydrogens (tertiary/aromatic N) is 1. The van der Waals surface area contributed by atoms with E-state index in [1.165, 1.54) is 19.3 Å². The molecule has 0 bridgehead atoms. The van der Waals surface area contributed by atoms with E-state index >= 15 is 0 Å². The van der Waals surface area contributed by atoms with Gasteiger partial charge in [-0.3, -0.25) is 4.90 Å². The van der Waals surface area contributed by atoms with Crippen molar-refractivity contribution >= 4 is 0 Å². The maximum Gasteiger partial charge on any atom is 0.0674 e. The van der Waals surface area contributed by atoms with Gasteiger partial charge in [-0.15, -0.1) is 0 Å². The summed E-state index contributed by atoms with van der Waals surface area (Å²) in [7, 11) is 0. The van der Waals surface area contributed by atoms with E-state index in [1.54, 1.807) is 0 Å². The summed E-state index contributed by atoms with van der Waals surface area (Å²) < 4.78 is 11.1. The molecule has 0 radical (unpaired) electrons. The third-order valence-corrected chi connectivity index (χ3v) is 2.77.